The number of nitrogens with zero attached hydrogens (tertiary/aromatic N) is 2. The number of piperidine rings is 1. The van der Waals surface area contributed by atoms with Crippen molar-refractivity contribution >= 4 is 5.91 Å². The Hall–Kier alpha value is -4.00. The molecule has 1 unspecified atom stereocenters. The van der Waals surface area contributed by atoms with Crippen LogP contribution >= 0.6 is 0 Å². The summed E-state index contributed by atoms with van der Waals surface area (Å²) in [6.07, 6.45) is 4.02. The van der Waals surface area contributed by atoms with Crippen molar-refractivity contribution in [2.45, 2.75) is 43.7 Å². The molecule has 0 aromatic heterocycles. The topological polar surface area (TPSA) is 44.8 Å². The highest BCUT2D eigenvalue weighted by Gasteiger charge is 2.28. The number of halogens is 1. The predicted octanol–water partition coefficient (Wildman–Crippen LogP) is 7.07. The van der Waals surface area contributed by atoms with Crippen molar-refractivity contribution in [3.8, 4) is 5.75 Å². The Labute approximate surface area is 260 Å². The van der Waals surface area contributed by atoms with Gasteiger partial charge in [0.15, 0.2) is 0 Å². The number of likely N-dealkylation sites (tertiary alicyclic amines) is 2. The molecule has 0 aliphatic carbocycles. The summed E-state index contributed by atoms with van der Waals surface area (Å²) in [6, 6.07) is 35.7. The third kappa shape index (κ3) is 7.37. The fraction of sp³-hybridized carbons (Fsp3) is 0.342. The molecule has 0 saturated carbocycles. The summed E-state index contributed by atoms with van der Waals surface area (Å²) in [5.41, 5.74) is 3.82. The third-order valence-corrected chi connectivity index (χ3v) is 9.11. The number of hydrogen-bond donors (Lipinski definition) is 1. The highest BCUT2D eigenvalue weighted by atomic mass is 19.1. The van der Waals surface area contributed by atoms with E-state index in [4.69, 9.17) is 4.74 Å². The molecule has 2 fully saturated rings. The van der Waals surface area contributed by atoms with Gasteiger partial charge in [-0.2, -0.15) is 0 Å². The van der Waals surface area contributed by atoms with Gasteiger partial charge in [-0.15, -0.1) is 0 Å². The first-order valence-corrected chi connectivity index (χ1v) is 16.0. The second kappa shape index (κ2) is 14.7. The van der Waals surface area contributed by atoms with Crippen LogP contribution in [0, 0.1) is 5.82 Å². The van der Waals surface area contributed by atoms with Gasteiger partial charge in [-0.1, -0.05) is 91.0 Å². The molecule has 228 valence electrons. The Bertz CT molecular complexity index is 1440. The van der Waals surface area contributed by atoms with E-state index in [1.54, 1.807) is 6.07 Å². The number of amides is 1. The van der Waals surface area contributed by atoms with Crippen LogP contribution in [-0.4, -0.2) is 61.1 Å². The smallest absolute Gasteiger partial charge is 0.255 e. The number of ether oxygens (including phenoxy) is 1. The van der Waals surface area contributed by atoms with Gasteiger partial charge in [0.1, 0.15) is 17.7 Å². The van der Waals surface area contributed by atoms with Gasteiger partial charge in [-0.3, -0.25) is 9.69 Å². The first-order chi connectivity index (χ1) is 21.7. The average molecular weight is 592 g/mol. The molecule has 6 rings (SSSR count). The van der Waals surface area contributed by atoms with Crippen LogP contribution in [0.1, 0.15) is 64.7 Å². The van der Waals surface area contributed by atoms with E-state index >= 15 is 0 Å². The van der Waals surface area contributed by atoms with E-state index in [0.717, 1.165) is 58.4 Å². The Morgan fingerprint density at radius 1 is 0.773 bits per heavy atom. The number of carbonyl (C=O) groups excluding carboxylic acids is 1. The van der Waals surface area contributed by atoms with Crippen molar-refractivity contribution < 1.29 is 13.9 Å². The number of nitrogens with one attached hydrogen (secondary N) is 1. The lowest BCUT2D eigenvalue weighted by atomic mass is 9.90. The highest BCUT2D eigenvalue weighted by molar-refractivity contribution is 5.96. The summed E-state index contributed by atoms with van der Waals surface area (Å²) in [7, 11) is 0. The van der Waals surface area contributed by atoms with Gasteiger partial charge in [0, 0.05) is 37.7 Å². The monoisotopic (exact) mass is 591 g/mol. The predicted molar refractivity (Wildman–Crippen MR) is 174 cm³/mol. The van der Waals surface area contributed by atoms with Crippen LogP contribution in [0.2, 0.25) is 0 Å². The Balaban J connectivity index is 1.07. The average Bonchev–Trinajstić information content (AvgIpc) is 3.61. The third-order valence-electron chi connectivity index (χ3n) is 9.11. The minimum atomic E-state index is -0.229. The number of carbonyl (C=O) groups is 1. The summed E-state index contributed by atoms with van der Waals surface area (Å²) in [4.78, 5) is 18.3. The highest BCUT2D eigenvalue weighted by Crippen LogP contribution is 2.30. The SMILES string of the molecule is O=C(NCC(c1ccccc1F)N1CCCC1)c1ccccc1OC1CCN(CC(c2ccccc2)c2ccccc2)CC1. The standard InChI is InChI=1S/C38H42FN3O2/c39-35-19-9-7-17-32(35)36(42-23-11-12-24-42)27-40-38(43)33-18-8-10-20-37(33)44-31-21-25-41(26-22-31)28-34(29-13-3-1-4-14-29)30-15-5-2-6-16-30/h1-10,13-20,31,34,36H,11-12,21-28H2,(H,40,43). The molecule has 4 aromatic rings. The van der Waals surface area contributed by atoms with Crippen molar-refractivity contribution in [2.75, 3.05) is 39.3 Å². The molecule has 5 nitrogen and oxygen atoms in total. The molecule has 6 heteroatoms. The maximum Gasteiger partial charge on any atom is 0.255 e. The number of hydrogen-bond acceptors (Lipinski definition) is 4. The zero-order valence-corrected chi connectivity index (χ0v) is 25.3. The van der Waals surface area contributed by atoms with Gasteiger partial charge >= 0.3 is 0 Å². The van der Waals surface area contributed by atoms with Gasteiger partial charge in [-0.25, -0.2) is 4.39 Å². The van der Waals surface area contributed by atoms with Crippen molar-refractivity contribution in [2.24, 2.45) is 0 Å². The summed E-state index contributed by atoms with van der Waals surface area (Å²) < 4.78 is 21.3. The minimum Gasteiger partial charge on any atom is -0.489 e. The van der Waals surface area contributed by atoms with E-state index in [2.05, 4.69) is 75.8 Å². The van der Waals surface area contributed by atoms with Gasteiger partial charge in [0.25, 0.3) is 5.91 Å². The molecule has 1 amide bonds. The summed E-state index contributed by atoms with van der Waals surface area (Å²) >= 11 is 0. The van der Waals surface area contributed by atoms with E-state index in [9.17, 15) is 9.18 Å². The lowest BCUT2D eigenvalue weighted by Crippen LogP contribution is -2.40. The second-order valence-corrected chi connectivity index (χ2v) is 12.0. The lowest BCUT2D eigenvalue weighted by Gasteiger charge is -2.35. The van der Waals surface area contributed by atoms with Crippen molar-refractivity contribution in [1.82, 2.24) is 15.1 Å². The molecule has 0 radical (unpaired) electrons. The van der Waals surface area contributed by atoms with Gasteiger partial charge in [-0.05, 0) is 68.1 Å². The number of benzene rings is 4. The van der Waals surface area contributed by atoms with Crippen LogP contribution in [0.4, 0.5) is 4.39 Å². The zero-order valence-electron chi connectivity index (χ0n) is 25.3. The van der Waals surface area contributed by atoms with Crippen LogP contribution in [-0.2, 0) is 0 Å². The Morgan fingerprint density at radius 3 is 2.02 bits per heavy atom. The second-order valence-electron chi connectivity index (χ2n) is 12.0. The maximum atomic E-state index is 14.8. The molecule has 4 aromatic carbocycles. The van der Waals surface area contributed by atoms with Crippen molar-refractivity contribution in [3.05, 3.63) is 137 Å². The zero-order chi connectivity index (χ0) is 30.1. The molecule has 2 saturated heterocycles. The summed E-state index contributed by atoms with van der Waals surface area (Å²) in [6.45, 7) is 5.00. The molecule has 2 aliphatic heterocycles. The van der Waals surface area contributed by atoms with Crippen LogP contribution < -0.4 is 10.1 Å². The molecule has 1 N–H and O–H groups in total. The fourth-order valence-corrected chi connectivity index (χ4v) is 6.70. The molecule has 0 bridgehead atoms. The quantitative estimate of drug-likeness (QED) is 0.203. The molecule has 0 spiro atoms. The van der Waals surface area contributed by atoms with Crippen molar-refractivity contribution in [3.63, 3.8) is 0 Å². The van der Waals surface area contributed by atoms with Crippen LogP contribution in [0.3, 0.4) is 0 Å². The Kier molecular flexibility index (Phi) is 10.0. The van der Waals surface area contributed by atoms with Crippen LogP contribution in [0.5, 0.6) is 5.75 Å². The minimum absolute atomic E-state index is 0.0443. The van der Waals surface area contributed by atoms with E-state index < -0.39 is 0 Å². The van der Waals surface area contributed by atoms with Gasteiger partial charge < -0.3 is 15.0 Å². The molecule has 2 aliphatic rings. The summed E-state index contributed by atoms with van der Waals surface area (Å²) in [5.74, 6) is 0.506. The van der Waals surface area contributed by atoms with Crippen molar-refractivity contribution in [1.29, 1.82) is 0 Å². The molecular weight excluding hydrogens is 549 g/mol. The number of para-hydroxylation sites is 1. The maximum absolute atomic E-state index is 14.8. The summed E-state index contributed by atoms with van der Waals surface area (Å²) in [5, 5.41) is 3.10. The number of rotatable bonds is 11. The van der Waals surface area contributed by atoms with Crippen LogP contribution in [0.15, 0.2) is 109 Å². The van der Waals surface area contributed by atoms with E-state index in [0.29, 0.717) is 29.3 Å². The largest absolute Gasteiger partial charge is 0.489 e. The van der Waals surface area contributed by atoms with Crippen LogP contribution in [0.25, 0.3) is 0 Å². The molecule has 2 heterocycles. The molecule has 1 atom stereocenters. The Morgan fingerprint density at radius 2 is 1.36 bits per heavy atom. The lowest BCUT2D eigenvalue weighted by molar-refractivity contribution is 0.0889. The molecular formula is C38H42FN3O2. The van der Waals surface area contributed by atoms with Gasteiger partial charge in [0.2, 0.25) is 0 Å². The van der Waals surface area contributed by atoms with E-state index in [1.807, 2.05) is 36.4 Å². The fourth-order valence-electron chi connectivity index (χ4n) is 6.70. The van der Waals surface area contributed by atoms with E-state index in [-0.39, 0.29) is 23.9 Å². The molecule has 44 heavy (non-hydrogen) atoms. The normalized spacial score (nSPS) is 17.0. The first kappa shape index (κ1) is 30.0. The van der Waals surface area contributed by atoms with Gasteiger partial charge in [0.05, 0.1) is 11.6 Å². The van der Waals surface area contributed by atoms with E-state index in [1.165, 1.54) is 17.2 Å². The first-order valence-electron chi connectivity index (χ1n) is 16.0.